The minimum Gasteiger partial charge on any atom is -0.493 e. The van der Waals surface area contributed by atoms with Gasteiger partial charge in [0.25, 0.3) is 5.56 Å². The highest BCUT2D eigenvalue weighted by Crippen LogP contribution is 2.35. The van der Waals surface area contributed by atoms with Crippen molar-refractivity contribution in [2.24, 2.45) is 0 Å². The Morgan fingerprint density at radius 1 is 0.923 bits per heavy atom. The third-order valence-electron chi connectivity index (χ3n) is 8.16. The second-order valence-electron chi connectivity index (χ2n) is 10.4. The van der Waals surface area contributed by atoms with Crippen LogP contribution in [0.4, 0.5) is 5.69 Å². The number of aromatic nitrogens is 5. The number of rotatable bonds is 7. The Balaban J connectivity index is 1.41. The average Bonchev–Trinajstić information content (AvgIpc) is 3.47. The molecule has 4 aromatic rings. The Bertz CT molecular complexity index is 1470. The number of pyridine rings is 1. The lowest BCUT2D eigenvalue weighted by molar-refractivity contribution is 0.192. The van der Waals surface area contributed by atoms with E-state index in [1.54, 1.807) is 20.3 Å². The minimum absolute atomic E-state index is 0.150. The van der Waals surface area contributed by atoms with E-state index >= 15 is 0 Å². The number of ether oxygens (including phenoxy) is 2. The average molecular weight is 530 g/mol. The smallest absolute Gasteiger partial charge is 0.253 e. The monoisotopic (exact) mass is 529 g/mol. The van der Waals surface area contributed by atoms with Gasteiger partial charge in [-0.3, -0.25) is 9.69 Å². The van der Waals surface area contributed by atoms with Gasteiger partial charge in [-0.25, -0.2) is 4.68 Å². The summed E-state index contributed by atoms with van der Waals surface area (Å²) >= 11 is 0. The highest BCUT2D eigenvalue weighted by molar-refractivity contribution is 5.83. The summed E-state index contributed by atoms with van der Waals surface area (Å²) in [6.45, 7) is 3.25. The molecule has 3 heterocycles. The van der Waals surface area contributed by atoms with Crippen LogP contribution in [-0.4, -0.2) is 70.5 Å². The molecule has 2 fully saturated rings. The van der Waals surface area contributed by atoms with Gasteiger partial charge in [0.15, 0.2) is 17.3 Å². The first kappa shape index (κ1) is 25.4. The number of hydrogen-bond donors (Lipinski definition) is 1. The fourth-order valence-electron chi connectivity index (χ4n) is 6.10. The molecule has 1 N–H and O–H groups in total. The van der Waals surface area contributed by atoms with E-state index in [2.05, 4.69) is 54.6 Å². The largest absolute Gasteiger partial charge is 0.493 e. The van der Waals surface area contributed by atoms with Gasteiger partial charge in [0.2, 0.25) is 0 Å². The Hall–Kier alpha value is -3.92. The van der Waals surface area contributed by atoms with E-state index in [4.69, 9.17) is 9.47 Å². The van der Waals surface area contributed by atoms with Crippen LogP contribution in [0.2, 0.25) is 0 Å². The van der Waals surface area contributed by atoms with E-state index in [0.717, 1.165) is 50.2 Å². The van der Waals surface area contributed by atoms with Gasteiger partial charge in [0.05, 0.1) is 25.8 Å². The molecule has 10 heteroatoms. The summed E-state index contributed by atoms with van der Waals surface area (Å²) in [6.07, 6.45) is 5.69. The van der Waals surface area contributed by atoms with Crippen LogP contribution in [-0.2, 0) is 0 Å². The van der Waals surface area contributed by atoms with Crippen molar-refractivity contribution in [2.45, 2.75) is 44.2 Å². The number of para-hydroxylation sites is 1. The van der Waals surface area contributed by atoms with Crippen molar-refractivity contribution in [2.75, 3.05) is 45.3 Å². The normalized spacial score (nSPS) is 17.8. The molecule has 0 spiro atoms. The summed E-state index contributed by atoms with van der Waals surface area (Å²) in [5.41, 5.74) is 2.39. The Morgan fingerprint density at radius 2 is 1.64 bits per heavy atom. The fourth-order valence-corrected chi connectivity index (χ4v) is 6.10. The first-order valence-corrected chi connectivity index (χ1v) is 13.8. The van der Waals surface area contributed by atoms with Crippen LogP contribution in [0.5, 0.6) is 11.5 Å². The zero-order valence-electron chi connectivity index (χ0n) is 22.5. The van der Waals surface area contributed by atoms with E-state index in [1.165, 1.54) is 24.9 Å². The van der Waals surface area contributed by atoms with E-state index in [-0.39, 0.29) is 17.6 Å². The van der Waals surface area contributed by atoms with Gasteiger partial charge >= 0.3 is 0 Å². The lowest BCUT2D eigenvalue weighted by atomic mass is 9.95. The Kier molecular flexibility index (Phi) is 7.19. The molecule has 39 heavy (non-hydrogen) atoms. The van der Waals surface area contributed by atoms with Crippen molar-refractivity contribution >= 4 is 16.6 Å². The zero-order valence-corrected chi connectivity index (χ0v) is 22.5. The molecule has 2 aromatic heterocycles. The molecule has 0 bridgehead atoms. The van der Waals surface area contributed by atoms with E-state index in [0.29, 0.717) is 22.6 Å². The predicted molar refractivity (Wildman–Crippen MR) is 150 cm³/mol. The molecule has 2 aliphatic rings. The number of methoxy groups -OCH3 is 2. The molecule has 1 aliphatic heterocycles. The second-order valence-corrected chi connectivity index (χ2v) is 10.4. The van der Waals surface area contributed by atoms with Crippen molar-refractivity contribution < 1.29 is 9.47 Å². The third-order valence-corrected chi connectivity index (χ3v) is 8.16. The third kappa shape index (κ3) is 4.96. The zero-order chi connectivity index (χ0) is 26.8. The van der Waals surface area contributed by atoms with Gasteiger partial charge in [-0.05, 0) is 47.5 Å². The highest BCUT2D eigenvalue weighted by atomic mass is 16.5. The maximum absolute atomic E-state index is 13.7. The number of anilines is 1. The molecular weight excluding hydrogens is 494 g/mol. The van der Waals surface area contributed by atoms with Gasteiger partial charge in [0.1, 0.15) is 6.04 Å². The van der Waals surface area contributed by atoms with Gasteiger partial charge < -0.3 is 19.4 Å². The van der Waals surface area contributed by atoms with E-state index in [1.807, 2.05) is 22.9 Å². The Morgan fingerprint density at radius 3 is 2.36 bits per heavy atom. The number of H-pyrrole nitrogens is 1. The topological polar surface area (TPSA) is 101 Å². The maximum atomic E-state index is 13.7. The van der Waals surface area contributed by atoms with Gasteiger partial charge in [-0.2, -0.15) is 0 Å². The number of hydrogen-bond acceptors (Lipinski definition) is 8. The SMILES string of the molecule is COc1cc2cc([C@H](c3nnnn3C3CCCCC3)N3CCN(c4ccccc4)CC3)c(=O)[nH]c2cc1OC. The molecule has 1 saturated carbocycles. The molecule has 1 saturated heterocycles. The van der Waals surface area contributed by atoms with Crippen LogP contribution in [0.3, 0.4) is 0 Å². The minimum atomic E-state index is -0.374. The highest BCUT2D eigenvalue weighted by Gasteiger charge is 2.34. The molecule has 1 aliphatic carbocycles. The maximum Gasteiger partial charge on any atom is 0.253 e. The molecule has 6 rings (SSSR count). The standard InChI is InChI=1S/C29H35N7O3/c1-38-25-18-20-17-23(29(37)30-24(20)19-26(25)39-2)27(28-31-32-33-36(28)22-11-7-4-8-12-22)35-15-13-34(14-16-35)21-9-5-3-6-10-21/h3,5-6,9-10,17-19,22,27H,4,7-8,11-16H2,1-2H3,(H,30,37)/t27-/m1/s1. The molecule has 0 amide bonds. The van der Waals surface area contributed by atoms with Gasteiger partial charge in [-0.15, -0.1) is 5.10 Å². The van der Waals surface area contributed by atoms with Gasteiger partial charge in [-0.1, -0.05) is 37.5 Å². The van der Waals surface area contributed by atoms with Crippen LogP contribution in [0, 0.1) is 0 Å². The molecule has 2 aromatic carbocycles. The fraction of sp³-hybridized carbons (Fsp3) is 0.448. The number of tetrazole rings is 1. The number of fused-ring (bicyclic) bond motifs is 1. The van der Waals surface area contributed by atoms with Gasteiger partial charge in [0, 0.05) is 48.9 Å². The molecular formula is C29H35N7O3. The van der Waals surface area contributed by atoms with Crippen molar-refractivity contribution in [3.63, 3.8) is 0 Å². The number of aromatic amines is 1. The molecule has 1 atom stereocenters. The summed E-state index contributed by atoms with van der Waals surface area (Å²) in [5.74, 6) is 1.92. The molecule has 0 radical (unpaired) electrons. The number of piperazine rings is 1. The number of benzene rings is 2. The lowest BCUT2D eigenvalue weighted by Gasteiger charge is -2.40. The van der Waals surface area contributed by atoms with E-state index in [9.17, 15) is 4.79 Å². The summed E-state index contributed by atoms with van der Waals surface area (Å²) < 4.78 is 13.0. The van der Waals surface area contributed by atoms with Crippen LogP contribution >= 0.6 is 0 Å². The molecule has 10 nitrogen and oxygen atoms in total. The summed E-state index contributed by atoms with van der Waals surface area (Å²) in [7, 11) is 3.20. The molecule has 0 unspecified atom stereocenters. The van der Waals surface area contributed by atoms with Crippen LogP contribution in [0.25, 0.3) is 10.9 Å². The number of nitrogens with one attached hydrogen (secondary N) is 1. The number of nitrogens with zero attached hydrogens (tertiary/aromatic N) is 6. The van der Waals surface area contributed by atoms with Crippen molar-refractivity contribution in [1.82, 2.24) is 30.1 Å². The lowest BCUT2D eigenvalue weighted by Crippen LogP contribution is -2.49. The first-order chi connectivity index (χ1) is 19.2. The first-order valence-electron chi connectivity index (χ1n) is 13.8. The summed E-state index contributed by atoms with van der Waals surface area (Å²) in [4.78, 5) is 21.5. The van der Waals surface area contributed by atoms with Crippen LogP contribution < -0.4 is 19.9 Å². The van der Waals surface area contributed by atoms with Crippen LogP contribution in [0.15, 0.2) is 53.3 Å². The second kappa shape index (κ2) is 11.1. The van der Waals surface area contributed by atoms with Crippen molar-refractivity contribution in [3.05, 3.63) is 70.3 Å². The van der Waals surface area contributed by atoms with E-state index < -0.39 is 0 Å². The summed E-state index contributed by atoms with van der Waals surface area (Å²) in [6, 6.07) is 16.0. The predicted octanol–water partition coefficient (Wildman–Crippen LogP) is 3.95. The Labute approximate surface area is 227 Å². The van der Waals surface area contributed by atoms with Crippen molar-refractivity contribution in [1.29, 1.82) is 0 Å². The van der Waals surface area contributed by atoms with Crippen molar-refractivity contribution in [3.8, 4) is 11.5 Å². The quantitative estimate of drug-likeness (QED) is 0.384. The summed E-state index contributed by atoms with van der Waals surface area (Å²) in [5, 5.41) is 14.0. The van der Waals surface area contributed by atoms with Crippen LogP contribution in [0.1, 0.15) is 55.6 Å². The molecule has 204 valence electrons.